The van der Waals surface area contributed by atoms with Crippen LogP contribution >= 0.6 is 11.6 Å². The fourth-order valence-corrected chi connectivity index (χ4v) is 5.23. The molecule has 1 saturated heterocycles. The van der Waals surface area contributed by atoms with Gasteiger partial charge in [0.1, 0.15) is 0 Å². The van der Waals surface area contributed by atoms with Crippen molar-refractivity contribution >= 4 is 27.5 Å². The van der Waals surface area contributed by atoms with Gasteiger partial charge >= 0.3 is 0 Å². The van der Waals surface area contributed by atoms with Gasteiger partial charge in [0.15, 0.2) is 0 Å². The fraction of sp³-hybridized carbons (Fsp3) is 0.562. The van der Waals surface area contributed by atoms with E-state index in [1.807, 2.05) is 0 Å². The van der Waals surface area contributed by atoms with Gasteiger partial charge in [-0.05, 0) is 36.3 Å². The quantitative estimate of drug-likeness (QED) is 0.877. The van der Waals surface area contributed by atoms with Crippen molar-refractivity contribution in [3.63, 3.8) is 0 Å². The highest BCUT2D eigenvalue weighted by atomic mass is 35.5. The second-order valence-electron chi connectivity index (χ2n) is 6.47. The predicted octanol–water partition coefficient (Wildman–Crippen LogP) is 2.02. The minimum absolute atomic E-state index is 0.0824. The van der Waals surface area contributed by atoms with Gasteiger partial charge in [-0.15, -0.1) is 0 Å². The lowest BCUT2D eigenvalue weighted by Gasteiger charge is -2.18. The van der Waals surface area contributed by atoms with Gasteiger partial charge in [-0.1, -0.05) is 29.8 Å². The van der Waals surface area contributed by atoms with Crippen LogP contribution in [0.3, 0.4) is 0 Å². The molecule has 5 nitrogen and oxygen atoms in total. The highest BCUT2D eigenvalue weighted by Gasteiger charge is 2.45. The summed E-state index contributed by atoms with van der Waals surface area (Å²) < 4.78 is 27.0. The van der Waals surface area contributed by atoms with Gasteiger partial charge in [0.05, 0.1) is 5.75 Å². The molecule has 0 bridgehead atoms. The molecule has 1 amide bonds. The molecule has 1 N–H and O–H groups in total. The van der Waals surface area contributed by atoms with Crippen LogP contribution in [0.1, 0.15) is 25.3 Å². The molecule has 1 saturated carbocycles. The number of amides is 1. The summed E-state index contributed by atoms with van der Waals surface area (Å²) in [5.41, 5.74) is 0.611. The van der Waals surface area contributed by atoms with Crippen LogP contribution in [-0.4, -0.2) is 37.8 Å². The largest absolute Gasteiger partial charge is 0.352 e. The number of rotatable bonds is 5. The third-order valence-electron chi connectivity index (χ3n) is 4.64. The summed E-state index contributed by atoms with van der Waals surface area (Å²) in [4.78, 5) is 11.4. The molecule has 1 aliphatic carbocycles. The minimum Gasteiger partial charge on any atom is -0.352 e. The second kappa shape index (κ2) is 6.42. The molecule has 2 aliphatic rings. The Balaban J connectivity index is 1.75. The van der Waals surface area contributed by atoms with Crippen molar-refractivity contribution in [2.45, 2.75) is 31.6 Å². The molecule has 2 atom stereocenters. The Morgan fingerprint density at radius 3 is 2.61 bits per heavy atom. The molecule has 2 unspecified atom stereocenters. The lowest BCUT2D eigenvalue weighted by atomic mass is 9.98. The molecule has 1 aromatic rings. The van der Waals surface area contributed by atoms with E-state index >= 15 is 0 Å². The number of sulfonamides is 1. The van der Waals surface area contributed by atoms with Crippen LogP contribution in [0.25, 0.3) is 0 Å². The summed E-state index contributed by atoms with van der Waals surface area (Å²) in [6, 6.07) is 6.92. The van der Waals surface area contributed by atoms with E-state index in [1.165, 1.54) is 11.2 Å². The maximum absolute atomic E-state index is 12.7. The zero-order valence-corrected chi connectivity index (χ0v) is 14.6. The average molecular weight is 357 g/mol. The molecule has 0 radical (unpaired) electrons. The Labute approximate surface area is 142 Å². The molecule has 1 heterocycles. The van der Waals surface area contributed by atoms with Crippen molar-refractivity contribution in [3.05, 3.63) is 34.9 Å². The first kappa shape index (κ1) is 16.7. The highest BCUT2D eigenvalue weighted by Crippen LogP contribution is 2.42. The Hall–Kier alpha value is -1.11. The van der Waals surface area contributed by atoms with Crippen molar-refractivity contribution in [2.24, 2.45) is 11.8 Å². The van der Waals surface area contributed by atoms with Gasteiger partial charge in [0.25, 0.3) is 0 Å². The molecule has 7 heteroatoms. The lowest BCUT2D eigenvalue weighted by molar-refractivity contribution is -0.119. The standard InChI is InChI=1S/C16H21ClN2O3S/c1-11(20)18-16-9-19(8-14(16)12-6-7-12)23(21,22)10-13-4-2-3-5-15(13)17/h2-5,12,14,16H,6-10H2,1H3,(H,18,20). The second-order valence-corrected chi connectivity index (χ2v) is 8.85. The number of carbonyl (C=O) groups is 1. The topological polar surface area (TPSA) is 66.5 Å². The maximum Gasteiger partial charge on any atom is 0.218 e. The molecule has 1 aromatic carbocycles. The van der Waals surface area contributed by atoms with Gasteiger partial charge < -0.3 is 5.32 Å². The van der Waals surface area contributed by atoms with E-state index in [9.17, 15) is 13.2 Å². The number of hydrogen-bond donors (Lipinski definition) is 1. The van der Waals surface area contributed by atoms with E-state index in [0.29, 0.717) is 29.6 Å². The summed E-state index contributed by atoms with van der Waals surface area (Å²) in [5, 5.41) is 3.38. The predicted molar refractivity (Wildman–Crippen MR) is 89.5 cm³/mol. The average Bonchev–Trinajstić information content (AvgIpc) is 3.22. The van der Waals surface area contributed by atoms with Crippen molar-refractivity contribution in [1.82, 2.24) is 9.62 Å². The summed E-state index contributed by atoms with van der Waals surface area (Å²) >= 11 is 6.08. The number of nitrogens with one attached hydrogen (secondary N) is 1. The van der Waals surface area contributed by atoms with Crippen LogP contribution < -0.4 is 5.32 Å². The van der Waals surface area contributed by atoms with Gasteiger partial charge in [-0.2, -0.15) is 4.31 Å². The zero-order valence-electron chi connectivity index (χ0n) is 13.0. The fourth-order valence-electron chi connectivity index (χ4n) is 3.34. The van der Waals surface area contributed by atoms with Gasteiger partial charge in [0.2, 0.25) is 15.9 Å². The first-order chi connectivity index (χ1) is 10.9. The number of benzene rings is 1. The molecule has 0 aromatic heterocycles. The number of nitrogens with zero attached hydrogens (tertiary/aromatic N) is 1. The van der Waals surface area contributed by atoms with Crippen LogP contribution in [0.15, 0.2) is 24.3 Å². The number of carbonyl (C=O) groups excluding carboxylic acids is 1. The van der Waals surface area contributed by atoms with E-state index in [2.05, 4.69) is 5.32 Å². The van der Waals surface area contributed by atoms with Crippen molar-refractivity contribution in [2.75, 3.05) is 13.1 Å². The van der Waals surface area contributed by atoms with Crippen LogP contribution in [0, 0.1) is 11.8 Å². The molecular formula is C16H21ClN2O3S. The van der Waals surface area contributed by atoms with Crippen LogP contribution in [-0.2, 0) is 20.6 Å². The molecule has 126 valence electrons. The van der Waals surface area contributed by atoms with E-state index < -0.39 is 10.0 Å². The van der Waals surface area contributed by atoms with Gasteiger partial charge in [-0.3, -0.25) is 4.79 Å². The Kier molecular flexibility index (Phi) is 4.67. The molecular weight excluding hydrogens is 336 g/mol. The Morgan fingerprint density at radius 2 is 2.00 bits per heavy atom. The molecule has 3 rings (SSSR count). The number of hydrogen-bond acceptors (Lipinski definition) is 3. The van der Waals surface area contributed by atoms with Crippen molar-refractivity contribution in [1.29, 1.82) is 0 Å². The zero-order chi connectivity index (χ0) is 16.6. The normalized spacial score (nSPS) is 25.5. The first-order valence-electron chi connectivity index (χ1n) is 7.85. The molecule has 2 fully saturated rings. The molecule has 23 heavy (non-hydrogen) atoms. The van der Waals surface area contributed by atoms with E-state index in [1.54, 1.807) is 24.3 Å². The van der Waals surface area contributed by atoms with Gasteiger partial charge in [-0.25, -0.2) is 8.42 Å². The summed E-state index contributed by atoms with van der Waals surface area (Å²) in [7, 11) is -3.45. The minimum atomic E-state index is -3.45. The van der Waals surface area contributed by atoms with E-state index in [-0.39, 0.29) is 23.6 Å². The third kappa shape index (κ3) is 3.87. The summed E-state index contributed by atoms with van der Waals surface area (Å²) in [5.74, 6) is 0.551. The van der Waals surface area contributed by atoms with E-state index in [0.717, 1.165) is 12.8 Å². The van der Waals surface area contributed by atoms with Crippen LogP contribution in [0.5, 0.6) is 0 Å². The van der Waals surface area contributed by atoms with Gasteiger partial charge in [0, 0.05) is 31.1 Å². The van der Waals surface area contributed by atoms with Crippen molar-refractivity contribution in [3.8, 4) is 0 Å². The molecule has 0 spiro atoms. The smallest absolute Gasteiger partial charge is 0.218 e. The SMILES string of the molecule is CC(=O)NC1CN(S(=O)(=O)Cc2ccccc2Cl)CC1C1CC1. The first-order valence-corrected chi connectivity index (χ1v) is 9.84. The van der Waals surface area contributed by atoms with Crippen LogP contribution in [0.2, 0.25) is 5.02 Å². The lowest BCUT2D eigenvalue weighted by Crippen LogP contribution is -2.40. The highest BCUT2D eigenvalue weighted by molar-refractivity contribution is 7.88. The maximum atomic E-state index is 12.7. The molecule has 1 aliphatic heterocycles. The summed E-state index contributed by atoms with van der Waals surface area (Å²) in [6.45, 7) is 2.32. The summed E-state index contributed by atoms with van der Waals surface area (Å²) in [6.07, 6.45) is 2.25. The van der Waals surface area contributed by atoms with Crippen molar-refractivity contribution < 1.29 is 13.2 Å². The Morgan fingerprint density at radius 1 is 1.30 bits per heavy atom. The Bertz CT molecular complexity index is 703. The third-order valence-corrected chi connectivity index (χ3v) is 6.77. The monoisotopic (exact) mass is 356 g/mol. The van der Waals surface area contributed by atoms with E-state index in [4.69, 9.17) is 11.6 Å². The van der Waals surface area contributed by atoms with Crippen LogP contribution in [0.4, 0.5) is 0 Å². The number of halogens is 1.